The van der Waals surface area contributed by atoms with Crippen LogP contribution in [0.5, 0.6) is 0 Å². The summed E-state index contributed by atoms with van der Waals surface area (Å²) in [6.45, 7) is 1.87. The summed E-state index contributed by atoms with van der Waals surface area (Å²) >= 11 is 0. The summed E-state index contributed by atoms with van der Waals surface area (Å²) in [6, 6.07) is -0.116. The smallest absolute Gasteiger partial charge is 0.325 e. The summed E-state index contributed by atoms with van der Waals surface area (Å²) in [7, 11) is -2.40. The molecule has 1 saturated heterocycles. The number of sulfonamides is 1. The first kappa shape index (κ1) is 11.4. The SMILES string of the molecule is COC(=O)C(C)S(=O)(=O)N1CC(N)C1. The third-order valence-corrected chi connectivity index (χ3v) is 4.32. The van der Waals surface area contributed by atoms with Gasteiger partial charge >= 0.3 is 5.97 Å². The molecule has 0 spiro atoms. The van der Waals surface area contributed by atoms with Crippen LogP contribution in [0.2, 0.25) is 0 Å². The van der Waals surface area contributed by atoms with Crippen molar-refractivity contribution in [2.75, 3.05) is 20.2 Å². The summed E-state index contributed by atoms with van der Waals surface area (Å²) in [5.74, 6) is -0.745. The van der Waals surface area contributed by atoms with Gasteiger partial charge in [-0.3, -0.25) is 4.79 Å². The van der Waals surface area contributed by atoms with Gasteiger partial charge in [0.05, 0.1) is 7.11 Å². The molecule has 6 nitrogen and oxygen atoms in total. The van der Waals surface area contributed by atoms with Gasteiger partial charge < -0.3 is 10.5 Å². The summed E-state index contributed by atoms with van der Waals surface area (Å²) in [5, 5.41) is -1.15. The van der Waals surface area contributed by atoms with Crippen molar-refractivity contribution in [1.82, 2.24) is 4.31 Å². The molecular weight excluding hydrogens is 208 g/mol. The van der Waals surface area contributed by atoms with Crippen molar-refractivity contribution in [2.24, 2.45) is 5.73 Å². The molecule has 0 bridgehead atoms. The lowest BCUT2D eigenvalue weighted by Crippen LogP contribution is -2.60. The third kappa shape index (κ3) is 1.89. The first-order valence-electron chi connectivity index (χ1n) is 4.22. The molecule has 82 valence electrons. The molecule has 0 saturated carbocycles. The number of methoxy groups -OCH3 is 1. The van der Waals surface area contributed by atoms with Crippen LogP contribution in [0.25, 0.3) is 0 Å². The largest absolute Gasteiger partial charge is 0.468 e. The highest BCUT2D eigenvalue weighted by atomic mass is 32.2. The van der Waals surface area contributed by atoms with Gasteiger partial charge in [-0.25, -0.2) is 8.42 Å². The molecule has 0 aromatic rings. The zero-order valence-corrected chi connectivity index (χ0v) is 8.95. The molecule has 14 heavy (non-hydrogen) atoms. The number of nitrogens with zero attached hydrogens (tertiary/aromatic N) is 1. The molecule has 0 amide bonds. The predicted molar refractivity (Wildman–Crippen MR) is 49.9 cm³/mol. The van der Waals surface area contributed by atoms with E-state index in [9.17, 15) is 13.2 Å². The Morgan fingerprint density at radius 3 is 2.43 bits per heavy atom. The first-order chi connectivity index (χ1) is 6.39. The highest BCUT2D eigenvalue weighted by Crippen LogP contribution is 2.16. The Balaban J connectivity index is 2.71. The Kier molecular flexibility index (Phi) is 3.13. The molecule has 1 unspecified atom stereocenters. The van der Waals surface area contributed by atoms with E-state index in [0.29, 0.717) is 0 Å². The molecule has 1 heterocycles. The maximum Gasteiger partial charge on any atom is 0.325 e. The lowest BCUT2D eigenvalue weighted by Gasteiger charge is -2.36. The van der Waals surface area contributed by atoms with E-state index < -0.39 is 21.2 Å². The molecule has 1 aliphatic rings. The second kappa shape index (κ2) is 3.84. The van der Waals surface area contributed by atoms with Gasteiger partial charge in [-0.2, -0.15) is 4.31 Å². The average Bonchev–Trinajstić information content (AvgIpc) is 2.10. The maximum atomic E-state index is 11.6. The van der Waals surface area contributed by atoms with Crippen LogP contribution in [-0.2, 0) is 19.6 Å². The van der Waals surface area contributed by atoms with Gasteiger partial charge in [0.1, 0.15) is 0 Å². The Morgan fingerprint density at radius 1 is 1.57 bits per heavy atom. The Labute approximate surface area is 83.1 Å². The molecule has 2 N–H and O–H groups in total. The molecule has 1 fully saturated rings. The molecular formula is C7H14N2O4S. The molecule has 1 rings (SSSR count). The number of nitrogens with two attached hydrogens (primary N) is 1. The first-order valence-corrected chi connectivity index (χ1v) is 5.72. The van der Waals surface area contributed by atoms with Gasteiger partial charge in [0.25, 0.3) is 0 Å². The van der Waals surface area contributed by atoms with Crippen LogP contribution in [0.15, 0.2) is 0 Å². The van der Waals surface area contributed by atoms with Crippen LogP contribution < -0.4 is 5.73 Å². The Hall–Kier alpha value is -0.660. The molecule has 1 aliphatic heterocycles. The predicted octanol–water partition coefficient (Wildman–Crippen LogP) is -1.48. The number of carbonyl (C=O) groups is 1. The maximum absolute atomic E-state index is 11.6. The van der Waals surface area contributed by atoms with Gasteiger partial charge in [0, 0.05) is 19.1 Å². The lowest BCUT2D eigenvalue weighted by molar-refractivity contribution is -0.139. The number of hydrogen-bond donors (Lipinski definition) is 1. The fourth-order valence-corrected chi connectivity index (χ4v) is 2.77. The Morgan fingerprint density at radius 2 is 2.07 bits per heavy atom. The van der Waals surface area contributed by atoms with E-state index in [1.54, 1.807) is 0 Å². The second-order valence-corrected chi connectivity index (χ2v) is 5.54. The number of carbonyl (C=O) groups excluding carboxylic acids is 1. The van der Waals surface area contributed by atoms with Gasteiger partial charge in [0.2, 0.25) is 10.0 Å². The minimum absolute atomic E-state index is 0.116. The van der Waals surface area contributed by atoms with E-state index in [1.807, 2.05) is 0 Å². The van der Waals surface area contributed by atoms with Crippen LogP contribution in [-0.4, -0.2) is 50.2 Å². The molecule has 0 aromatic heterocycles. The van der Waals surface area contributed by atoms with Crippen molar-refractivity contribution in [3.8, 4) is 0 Å². The van der Waals surface area contributed by atoms with E-state index in [2.05, 4.69) is 4.74 Å². The van der Waals surface area contributed by atoms with Crippen molar-refractivity contribution < 1.29 is 17.9 Å². The zero-order chi connectivity index (χ0) is 10.9. The van der Waals surface area contributed by atoms with Crippen LogP contribution in [0.1, 0.15) is 6.92 Å². The highest BCUT2D eigenvalue weighted by molar-refractivity contribution is 7.90. The minimum Gasteiger partial charge on any atom is -0.468 e. The summed E-state index contributed by atoms with van der Waals surface area (Å²) in [5.41, 5.74) is 5.45. The highest BCUT2D eigenvalue weighted by Gasteiger charge is 2.40. The summed E-state index contributed by atoms with van der Waals surface area (Å²) in [4.78, 5) is 11.0. The molecule has 0 aromatic carbocycles. The van der Waals surface area contributed by atoms with Crippen LogP contribution in [0, 0.1) is 0 Å². The molecule has 0 radical (unpaired) electrons. The fourth-order valence-electron chi connectivity index (χ4n) is 1.19. The van der Waals surface area contributed by atoms with Crippen LogP contribution in [0.3, 0.4) is 0 Å². The summed E-state index contributed by atoms with van der Waals surface area (Å²) in [6.07, 6.45) is 0. The average molecular weight is 222 g/mol. The summed E-state index contributed by atoms with van der Waals surface area (Å²) < 4.78 is 28.8. The number of hydrogen-bond acceptors (Lipinski definition) is 5. The lowest BCUT2D eigenvalue weighted by atomic mass is 10.2. The minimum atomic E-state index is -3.57. The third-order valence-electron chi connectivity index (χ3n) is 2.22. The van der Waals surface area contributed by atoms with E-state index in [0.717, 1.165) is 7.11 Å². The van der Waals surface area contributed by atoms with Crippen molar-refractivity contribution in [3.63, 3.8) is 0 Å². The topological polar surface area (TPSA) is 89.7 Å². The monoisotopic (exact) mass is 222 g/mol. The molecule has 7 heteroatoms. The number of esters is 1. The van der Waals surface area contributed by atoms with Crippen molar-refractivity contribution >= 4 is 16.0 Å². The fraction of sp³-hybridized carbons (Fsp3) is 0.857. The Bertz CT molecular complexity index is 321. The van der Waals surface area contributed by atoms with Crippen molar-refractivity contribution in [3.05, 3.63) is 0 Å². The van der Waals surface area contributed by atoms with Gasteiger partial charge in [-0.1, -0.05) is 0 Å². The molecule has 1 atom stereocenters. The zero-order valence-electron chi connectivity index (χ0n) is 8.13. The second-order valence-electron chi connectivity index (χ2n) is 3.29. The van der Waals surface area contributed by atoms with E-state index in [4.69, 9.17) is 5.73 Å². The van der Waals surface area contributed by atoms with Gasteiger partial charge in [0.15, 0.2) is 5.25 Å². The molecule has 0 aliphatic carbocycles. The normalized spacial score (nSPS) is 21.4. The van der Waals surface area contributed by atoms with Gasteiger partial charge in [-0.05, 0) is 6.92 Å². The van der Waals surface area contributed by atoms with Crippen LogP contribution in [0.4, 0.5) is 0 Å². The van der Waals surface area contributed by atoms with Crippen molar-refractivity contribution in [1.29, 1.82) is 0 Å². The quantitative estimate of drug-likeness (QED) is 0.588. The van der Waals surface area contributed by atoms with Crippen LogP contribution >= 0.6 is 0 Å². The van der Waals surface area contributed by atoms with Crippen molar-refractivity contribution in [2.45, 2.75) is 18.2 Å². The van der Waals surface area contributed by atoms with E-state index in [-0.39, 0.29) is 19.1 Å². The van der Waals surface area contributed by atoms with E-state index >= 15 is 0 Å². The standard InChI is InChI=1S/C7H14N2O4S/c1-5(7(10)13-2)14(11,12)9-3-6(8)4-9/h5-6H,3-4,8H2,1-2H3. The van der Waals surface area contributed by atoms with E-state index in [1.165, 1.54) is 11.2 Å². The van der Waals surface area contributed by atoms with Gasteiger partial charge in [-0.15, -0.1) is 0 Å². The number of rotatable bonds is 3. The number of ether oxygens (including phenoxy) is 1.